The van der Waals surface area contributed by atoms with E-state index in [1.54, 1.807) is 6.07 Å². The van der Waals surface area contributed by atoms with Crippen molar-refractivity contribution in [2.75, 3.05) is 13.1 Å². The average Bonchev–Trinajstić information content (AvgIpc) is 3.06. The van der Waals surface area contributed by atoms with Crippen molar-refractivity contribution in [2.45, 2.75) is 26.2 Å². The van der Waals surface area contributed by atoms with Crippen molar-refractivity contribution in [2.24, 2.45) is 5.41 Å². The van der Waals surface area contributed by atoms with Crippen LogP contribution in [0.5, 0.6) is 0 Å². The summed E-state index contributed by atoms with van der Waals surface area (Å²) in [5.74, 6) is -0.124. The Bertz CT molecular complexity index is 637. The Morgan fingerprint density at radius 2 is 2.35 bits per heavy atom. The van der Waals surface area contributed by atoms with Gasteiger partial charge in [-0.05, 0) is 42.0 Å². The lowest BCUT2D eigenvalue weighted by atomic mass is 9.73. The molecule has 20 heavy (non-hydrogen) atoms. The lowest BCUT2D eigenvalue weighted by Gasteiger charge is -2.30. The Kier molecular flexibility index (Phi) is 3.65. The molecular weight excluding hydrogens is 269 g/mol. The summed E-state index contributed by atoms with van der Waals surface area (Å²) < 4.78 is 14.6. The molecule has 1 fully saturated rings. The number of hydrogen-bond acceptors (Lipinski definition) is 2. The van der Waals surface area contributed by atoms with E-state index >= 15 is 0 Å². The first-order valence-corrected chi connectivity index (χ1v) is 8.12. The second-order valence-corrected chi connectivity index (χ2v) is 6.58. The molecule has 106 valence electrons. The first kappa shape index (κ1) is 13.8. The van der Waals surface area contributed by atoms with Gasteiger partial charge in [-0.1, -0.05) is 32.1 Å². The van der Waals surface area contributed by atoms with Gasteiger partial charge in [0.15, 0.2) is 0 Å². The lowest BCUT2D eigenvalue weighted by molar-refractivity contribution is 0.404. The molecule has 3 heteroatoms. The zero-order valence-corrected chi connectivity index (χ0v) is 12.7. The van der Waals surface area contributed by atoms with Gasteiger partial charge in [0.1, 0.15) is 5.82 Å². The predicted octanol–water partition coefficient (Wildman–Crippen LogP) is 4.83. The Hall–Kier alpha value is -1.19. The molecule has 1 atom stereocenters. The second-order valence-electron chi connectivity index (χ2n) is 5.70. The average molecular weight is 289 g/mol. The Balaban J connectivity index is 2.06. The number of hydrogen-bond donors (Lipinski definition) is 1. The number of thiophene rings is 1. The summed E-state index contributed by atoms with van der Waals surface area (Å²) in [6.07, 6.45) is 3.43. The third kappa shape index (κ3) is 2.09. The fourth-order valence-corrected chi connectivity index (χ4v) is 4.38. The van der Waals surface area contributed by atoms with E-state index < -0.39 is 0 Å². The minimum Gasteiger partial charge on any atom is -0.316 e. The van der Waals surface area contributed by atoms with E-state index in [4.69, 9.17) is 0 Å². The molecule has 1 aliphatic rings. The van der Waals surface area contributed by atoms with Crippen LogP contribution in [0.4, 0.5) is 4.39 Å². The molecule has 1 N–H and O–H groups in total. The van der Waals surface area contributed by atoms with Crippen LogP contribution in [-0.4, -0.2) is 13.1 Å². The molecule has 0 amide bonds. The molecule has 3 rings (SSSR count). The van der Waals surface area contributed by atoms with Crippen LogP contribution in [0, 0.1) is 11.2 Å². The standard InChI is InChI=1S/C17H20FNS/c1-3-7-17(8-9-19-11-17)12(2)14-10-20-16-13(14)5-4-6-15(16)18/h4-6,10,19H,2-3,7-9,11H2,1H3. The van der Waals surface area contributed by atoms with Gasteiger partial charge in [-0.15, -0.1) is 11.3 Å². The van der Waals surface area contributed by atoms with Crippen molar-refractivity contribution >= 4 is 27.0 Å². The highest BCUT2D eigenvalue weighted by Gasteiger charge is 2.36. The predicted molar refractivity (Wildman–Crippen MR) is 85.6 cm³/mol. The quantitative estimate of drug-likeness (QED) is 0.849. The molecule has 1 nitrogen and oxygen atoms in total. The molecule has 2 aromatic rings. The second kappa shape index (κ2) is 5.30. The van der Waals surface area contributed by atoms with Crippen LogP contribution in [0.1, 0.15) is 31.7 Å². The Morgan fingerprint density at radius 1 is 1.50 bits per heavy atom. The lowest BCUT2D eigenvalue weighted by Crippen LogP contribution is -2.25. The number of benzene rings is 1. The zero-order valence-electron chi connectivity index (χ0n) is 11.8. The van der Waals surface area contributed by atoms with Crippen LogP contribution in [0.15, 0.2) is 30.2 Å². The number of halogens is 1. The van der Waals surface area contributed by atoms with Crippen LogP contribution in [0.25, 0.3) is 15.7 Å². The van der Waals surface area contributed by atoms with Gasteiger partial charge in [-0.3, -0.25) is 0 Å². The van der Waals surface area contributed by atoms with E-state index in [2.05, 4.69) is 24.2 Å². The summed E-state index contributed by atoms with van der Waals surface area (Å²) in [5, 5.41) is 6.56. The van der Waals surface area contributed by atoms with Gasteiger partial charge in [-0.25, -0.2) is 4.39 Å². The number of fused-ring (bicyclic) bond motifs is 1. The fourth-order valence-electron chi connectivity index (χ4n) is 3.39. The van der Waals surface area contributed by atoms with Crippen LogP contribution in [0.3, 0.4) is 0 Å². The van der Waals surface area contributed by atoms with E-state index in [0.717, 1.165) is 48.0 Å². The summed E-state index contributed by atoms with van der Waals surface area (Å²) in [7, 11) is 0. The van der Waals surface area contributed by atoms with Crippen molar-refractivity contribution in [3.05, 3.63) is 41.5 Å². The van der Waals surface area contributed by atoms with Crippen LogP contribution < -0.4 is 5.32 Å². The first-order valence-electron chi connectivity index (χ1n) is 7.24. The minimum absolute atomic E-state index is 0.124. The van der Waals surface area contributed by atoms with Gasteiger partial charge in [0.2, 0.25) is 0 Å². The zero-order chi connectivity index (χ0) is 14.2. The van der Waals surface area contributed by atoms with Crippen molar-refractivity contribution < 1.29 is 4.39 Å². The summed E-state index contributed by atoms with van der Waals surface area (Å²) >= 11 is 1.49. The summed E-state index contributed by atoms with van der Waals surface area (Å²) in [6, 6.07) is 5.34. The van der Waals surface area contributed by atoms with Crippen LogP contribution in [-0.2, 0) is 0 Å². The van der Waals surface area contributed by atoms with Crippen molar-refractivity contribution in [1.29, 1.82) is 0 Å². The molecule has 1 unspecified atom stereocenters. The molecule has 0 spiro atoms. The van der Waals surface area contributed by atoms with Crippen LogP contribution in [0.2, 0.25) is 0 Å². The fraction of sp³-hybridized carbons (Fsp3) is 0.412. The Labute approximate surface area is 123 Å². The van der Waals surface area contributed by atoms with E-state index in [-0.39, 0.29) is 11.2 Å². The molecule has 1 aromatic heterocycles. The molecule has 1 saturated heterocycles. The van der Waals surface area contributed by atoms with Crippen LogP contribution >= 0.6 is 11.3 Å². The van der Waals surface area contributed by atoms with Crippen molar-refractivity contribution in [3.8, 4) is 0 Å². The third-order valence-electron chi connectivity index (χ3n) is 4.49. The highest BCUT2D eigenvalue weighted by atomic mass is 32.1. The van der Waals surface area contributed by atoms with Crippen molar-refractivity contribution in [1.82, 2.24) is 5.32 Å². The largest absolute Gasteiger partial charge is 0.316 e. The number of nitrogens with one attached hydrogen (secondary N) is 1. The molecule has 0 aliphatic carbocycles. The van der Waals surface area contributed by atoms with E-state index in [1.165, 1.54) is 23.0 Å². The van der Waals surface area contributed by atoms with E-state index in [1.807, 2.05) is 6.07 Å². The van der Waals surface area contributed by atoms with Gasteiger partial charge in [-0.2, -0.15) is 0 Å². The maximum atomic E-state index is 13.9. The summed E-state index contributed by atoms with van der Waals surface area (Å²) in [6.45, 7) is 8.66. The number of rotatable bonds is 4. The molecular formula is C17H20FNS. The normalized spacial score (nSPS) is 22.5. The van der Waals surface area contributed by atoms with E-state index in [9.17, 15) is 4.39 Å². The van der Waals surface area contributed by atoms with Gasteiger partial charge in [0, 0.05) is 17.3 Å². The maximum absolute atomic E-state index is 13.9. The van der Waals surface area contributed by atoms with Gasteiger partial charge in [0.25, 0.3) is 0 Å². The smallest absolute Gasteiger partial charge is 0.141 e. The molecule has 0 bridgehead atoms. The van der Waals surface area contributed by atoms with E-state index in [0.29, 0.717) is 0 Å². The first-order chi connectivity index (χ1) is 9.68. The minimum atomic E-state index is -0.124. The SMILES string of the molecule is C=C(c1csc2c(F)cccc12)C1(CCC)CCNC1. The molecule has 2 heterocycles. The highest BCUT2D eigenvalue weighted by molar-refractivity contribution is 7.17. The molecule has 0 radical (unpaired) electrons. The highest BCUT2D eigenvalue weighted by Crippen LogP contribution is 2.46. The molecule has 0 saturated carbocycles. The third-order valence-corrected chi connectivity index (χ3v) is 5.49. The van der Waals surface area contributed by atoms with Gasteiger partial charge >= 0.3 is 0 Å². The molecule has 1 aromatic carbocycles. The monoisotopic (exact) mass is 289 g/mol. The van der Waals surface area contributed by atoms with Crippen molar-refractivity contribution in [3.63, 3.8) is 0 Å². The van der Waals surface area contributed by atoms with Gasteiger partial charge < -0.3 is 5.32 Å². The summed E-state index contributed by atoms with van der Waals surface area (Å²) in [5.41, 5.74) is 2.47. The Morgan fingerprint density at radius 3 is 3.05 bits per heavy atom. The maximum Gasteiger partial charge on any atom is 0.141 e. The topological polar surface area (TPSA) is 12.0 Å². The summed E-state index contributed by atoms with van der Waals surface area (Å²) in [4.78, 5) is 0. The van der Waals surface area contributed by atoms with Gasteiger partial charge in [0.05, 0.1) is 4.70 Å². The molecule has 1 aliphatic heterocycles.